The SMILES string of the molecule is CO[C@H]1/C=C/CCCS(=O)(NC(=O)CO[C@H]2CCOC[C@H]2F)=NC(=O)c2ccc3c(c2)N(C[C@@H]2CC[C@H]21)C[C@@]1(CCCc2cc(Cl)ccc21)CO3. The Morgan fingerprint density at radius 1 is 1.20 bits per heavy atom. The minimum absolute atomic E-state index is 0.0480. The van der Waals surface area contributed by atoms with Crippen molar-refractivity contribution >= 4 is 39.0 Å². The van der Waals surface area contributed by atoms with Gasteiger partial charge < -0.3 is 23.8 Å². The minimum Gasteiger partial charge on any atom is -0.490 e. The molecule has 2 fully saturated rings. The zero-order chi connectivity index (χ0) is 35.6. The molecule has 3 aliphatic heterocycles. The molecule has 3 heterocycles. The lowest BCUT2D eigenvalue weighted by Gasteiger charge is -2.46. The van der Waals surface area contributed by atoms with Crippen LogP contribution < -0.4 is 14.4 Å². The van der Waals surface area contributed by atoms with Crippen LogP contribution in [0.5, 0.6) is 5.75 Å². The molecular weight excluding hydrogens is 697 g/mol. The van der Waals surface area contributed by atoms with E-state index in [2.05, 4.69) is 32.2 Å². The maximum absolute atomic E-state index is 14.2. The number of amides is 2. The normalized spacial score (nSPS) is 33.0. The van der Waals surface area contributed by atoms with Crippen LogP contribution >= 0.6 is 11.6 Å². The number of carbonyl (C=O) groups is 2. The van der Waals surface area contributed by atoms with E-state index in [1.807, 2.05) is 12.1 Å². The molecule has 1 spiro atoms. The van der Waals surface area contributed by atoms with Crippen molar-refractivity contribution in [3.63, 3.8) is 0 Å². The second-order valence-corrected chi connectivity index (χ2v) is 17.1. The van der Waals surface area contributed by atoms with Gasteiger partial charge in [-0.25, -0.2) is 8.60 Å². The lowest BCUT2D eigenvalue weighted by atomic mass is 9.68. The van der Waals surface area contributed by atoms with Gasteiger partial charge in [-0.05, 0) is 105 Å². The number of alkyl halides is 1. The zero-order valence-corrected chi connectivity index (χ0v) is 30.6. The molecule has 1 saturated carbocycles. The van der Waals surface area contributed by atoms with Crippen LogP contribution in [0.4, 0.5) is 10.1 Å². The van der Waals surface area contributed by atoms with Crippen molar-refractivity contribution in [2.75, 3.05) is 57.3 Å². The summed E-state index contributed by atoms with van der Waals surface area (Å²) < 4.78 is 58.3. The van der Waals surface area contributed by atoms with Crippen LogP contribution in [0.2, 0.25) is 5.02 Å². The minimum atomic E-state index is -3.55. The Morgan fingerprint density at radius 3 is 2.88 bits per heavy atom. The van der Waals surface area contributed by atoms with E-state index in [9.17, 15) is 18.2 Å². The van der Waals surface area contributed by atoms with E-state index < -0.39 is 40.6 Å². The predicted molar refractivity (Wildman–Crippen MR) is 194 cm³/mol. The number of hydrogen-bond donors (Lipinski definition) is 1. The molecule has 2 amide bonds. The highest BCUT2D eigenvalue weighted by atomic mass is 35.5. The maximum Gasteiger partial charge on any atom is 0.286 e. The molecule has 1 unspecified atom stereocenters. The number of nitrogens with one attached hydrogen (secondary N) is 1. The van der Waals surface area contributed by atoms with Gasteiger partial charge in [0, 0.05) is 42.8 Å². The third kappa shape index (κ3) is 8.00. The Kier molecular flexibility index (Phi) is 11.1. The van der Waals surface area contributed by atoms with Crippen molar-refractivity contribution in [3.8, 4) is 5.75 Å². The molecule has 5 aliphatic rings. The van der Waals surface area contributed by atoms with Crippen LogP contribution in [0.3, 0.4) is 0 Å². The quantitative estimate of drug-likeness (QED) is 0.372. The van der Waals surface area contributed by atoms with Gasteiger partial charge >= 0.3 is 0 Å². The summed E-state index contributed by atoms with van der Waals surface area (Å²) in [6.45, 7) is 1.66. The van der Waals surface area contributed by atoms with Crippen molar-refractivity contribution in [2.24, 2.45) is 16.2 Å². The van der Waals surface area contributed by atoms with E-state index in [1.54, 1.807) is 25.3 Å². The molecule has 0 radical (unpaired) electrons. The molecule has 7 rings (SSSR count). The van der Waals surface area contributed by atoms with Crippen molar-refractivity contribution in [3.05, 3.63) is 70.3 Å². The first-order valence-corrected chi connectivity index (χ1v) is 20.1. The second-order valence-electron chi connectivity index (χ2n) is 14.6. The molecule has 2 bridgehead atoms. The number of nitrogens with zero attached hydrogens (tertiary/aromatic N) is 2. The van der Waals surface area contributed by atoms with Crippen LogP contribution in [-0.4, -0.2) is 86.8 Å². The van der Waals surface area contributed by atoms with Gasteiger partial charge in [0.2, 0.25) is 0 Å². The number of allylic oxidation sites excluding steroid dienone is 1. The van der Waals surface area contributed by atoms with Gasteiger partial charge in [0.05, 0.1) is 36.9 Å². The first-order chi connectivity index (χ1) is 24.6. The van der Waals surface area contributed by atoms with Crippen LogP contribution in [0.15, 0.2) is 52.9 Å². The molecular formula is C38H47ClFN3O7S. The monoisotopic (exact) mass is 743 g/mol. The molecule has 13 heteroatoms. The number of hydrogen-bond acceptors (Lipinski definition) is 8. The number of halogens is 2. The summed E-state index contributed by atoms with van der Waals surface area (Å²) in [6.07, 6.45) is 8.21. The van der Waals surface area contributed by atoms with E-state index in [4.69, 9.17) is 30.5 Å². The summed E-state index contributed by atoms with van der Waals surface area (Å²) in [6, 6.07) is 11.4. The van der Waals surface area contributed by atoms with Gasteiger partial charge in [-0.3, -0.25) is 14.3 Å². The van der Waals surface area contributed by atoms with E-state index in [0.717, 1.165) is 49.4 Å². The molecule has 10 nitrogen and oxygen atoms in total. The number of carbonyl (C=O) groups excluding carboxylic acids is 2. The Bertz CT molecular complexity index is 1780. The Hall–Kier alpha value is -3.03. The van der Waals surface area contributed by atoms with E-state index in [1.165, 1.54) is 11.1 Å². The fourth-order valence-corrected chi connectivity index (χ4v) is 10.2. The fraction of sp³-hybridized carbons (Fsp3) is 0.579. The number of fused-ring (bicyclic) bond motifs is 4. The molecule has 1 N–H and O–H groups in total. The van der Waals surface area contributed by atoms with Crippen LogP contribution in [-0.2, 0) is 40.8 Å². The molecule has 2 aromatic rings. The first kappa shape index (κ1) is 36.3. The van der Waals surface area contributed by atoms with Gasteiger partial charge in [-0.1, -0.05) is 29.8 Å². The Balaban J connectivity index is 1.22. The third-order valence-corrected chi connectivity index (χ3v) is 13.3. The maximum atomic E-state index is 14.2. The molecule has 7 atom stereocenters. The van der Waals surface area contributed by atoms with Crippen molar-refractivity contribution < 1.29 is 37.1 Å². The lowest BCUT2D eigenvalue weighted by Crippen LogP contribution is -2.49. The van der Waals surface area contributed by atoms with Crippen molar-refractivity contribution in [1.82, 2.24) is 4.72 Å². The largest absolute Gasteiger partial charge is 0.490 e. The van der Waals surface area contributed by atoms with E-state index in [-0.39, 0.29) is 29.4 Å². The number of anilines is 1. The summed E-state index contributed by atoms with van der Waals surface area (Å²) in [5.74, 6) is -0.0988. The van der Waals surface area contributed by atoms with Crippen molar-refractivity contribution in [1.29, 1.82) is 0 Å². The second kappa shape index (κ2) is 15.5. The standard InChI is InChI=1S/C38H47ClFN3O7S/c1-47-33-7-3-2-4-17-51(46,41-36(44)22-49-34-14-16-48-21-31(34)40)42-37(45)26-9-13-35-32(19-26)43(20-27-8-11-29(27)33)23-38(24-50-35)15-5-6-25-18-28(39)10-12-30(25)38/h3,7,9-10,12-13,18-19,27,29,31,33-34H,2,4-6,8,11,14-17,20-24H2,1H3,(H,41,42,44,45,46)/b7-3+/t27-,29+,31+,33-,34-,38-,51?/m0/s1. The molecule has 0 aromatic heterocycles. The first-order valence-electron chi connectivity index (χ1n) is 18.1. The van der Waals surface area contributed by atoms with Gasteiger partial charge in [0.15, 0.2) is 0 Å². The van der Waals surface area contributed by atoms with Gasteiger partial charge in [0.25, 0.3) is 11.8 Å². The molecule has 276 valence electrons. The number of ether oxygens (including phenoxy) is 4. The summed E-state index contributed by atoms with van der Waals surface area (Å²) in [5.41, 5.74) is 3.27. The summed E-state index contributed by atoms with van der Waals surface area (Å²) >= 11 is 6.44. The highest BCUT2D eigenvalue weighted by Crippen LogP contribution is 2.47. The van der Waals surface area contributed by atoms with E-state index in [0.29, 0.717) is 56.6 Å². The topological polar surface area (TPSA) is 116 Å². The zero-order valence-electron chi connectivity index (χ0n) is 29.0. The molecule has 2 aromatic carbocycles. The highest BCUT2D eigenvalue weighted by Gasteiger charge is 2.44. The Labute approximate surface area is 304 Å². The third-order valence-electron chi connectivity index (χ3n) is 11.2. The number of benzene rings is 2. The smallest absolute Gasteiger partial charge is 0.286 e. The van der Waals surface area contributed by atoms with E-state index >= 15 is 0 Å². The van der Waals surface area contributed by atoms with Gasteiger partial charge in [-0.15, -0.1) is 4.36 Å². The summed E-state index contributed by atoms with van der Waals surface area (Å²) in [4.78, 5) is 29.2. The van der Waals surface area contributed by atoms with Gasteiger partial charge in [-0.2, -0.15) is 0 Å². The fourth-order valence-electron chi connectivity index (χ4n) is 8.37. The average molecular weight is 744 g/mol. The molecule has 2 aliphatic carbocycles. The molecule has 1 saturated heterocycles. The van der Waals surface area contributed by atoms with Gasteiger partial charge in [0.1, 0.15) is 28.4 Å². The van der Waals surface area contributed by atoms with Crippen LogP contribution in [0.25, 0.3) is 0 Å². The highest BCUT2D eigenvalue weighted by molar-refractivity contribution is 7.92. The van der Waals surface area contributed by atoms with Crippen LogP contribution in [0, 0.1) is 11.8 Å². The Morgan fingerprint density at radius 2 is 2.08 bits per heavy atom. The van der Waals surface area contributed by atoms with Crippen molar-refractivity contribution in [2.45, 2.75) is 75.2 Å². The number of rotatable bonds is 5. The lowest BCUT2D eigenvalue weighted by molar-refractivity contribution is -0.132. The average Bonchev–Trinajstić information content (AvgIpc) is 3.25. The summed E-state index contributed by atoms with van der Waals surface area (Å²) in [7, 11) is -1.81. The number of aryl methyl sites for hydroxylation is 1. The molecule has 51 heavy (non-hydrogen) atoms. The summed E-state index contributed by atoms with van der Waals surface area (Å²) in [5, 5.41) is 0.726. The number of methoxy groups -OCH3 is 1. The van der Waals surface area contributed by atoms with Crippen LogP contribution in [0.1, 0.15) is 66.4 Å². The predicted octanol–water partition coefficient (Wildman–Crippen LogP) is 5.99.